The lowest BCUT2D eigenvalue weighted by Crippen LogP contribution is -2.36. The first-order valence-electron chi connectivity index (χ1n) is 7.80. The molecule has 2 N–H and O–H groups in total. The van der Waals surface area contributed by atoms with Gasteiger partial charge in [0.25, 0.3) is 0 Å². The van der Waals surface area contributed by atoms with Gasteiger partial charge < -0.3 is 15.3 Å². The van der Waals surface area contributed by atoms with Crippen LogP contribution in [0.5, 0.6) is 0 Å². The first kappa shape index (κ1) is 15.3. The van der Waals surface area contributed by atoms with Crippen LogP contribution in [0.25, 0.3) is 0 Å². The lowest BCUT2D eigenvalue weighted by atomic mass is 9.97. The Kier molecular flexibility index (Phi) is 4.71. The highest BCUT2D eigenvalue weighted by Crippen LogP contribution is 2.23. The molecule has 120 valence electrons. The number of carboxylic acid groups (broad SMARTS) is 1. The van der Waals surface area contributed by atoms with Gasteiger partial charge in [-0.3, -0.25) is 4.79 Å². The molecule has 23 heavy (non-hydrogen) atoms. The van der Waals surface area contributed by atoms with Gasteiger partial charge in [0, 0.05) is 25.7 Å². The summed E-state index contributed by atoms with van der Waals surface area (Å²) in [4.78, 5) is 21.7. The van der Waals surface area contributed by atoms with Crippen LogP contribution in [0.3, 0.4) is 0 Å². The highest BCUT2D eigenvalue weighted by molar-refractivity contribution is 5.70. The molecule has 1 aromatic heterocycles. The molecule has 0 aliphatic carbocycles. The second-order valence-electron chi connectivity index (χ2n) is 5.70. The van der Waals surface area contributed by atoms with Crippen molar-refractivity contribution in [3.8, 4) is 0 Å². The maximum atomic E-state index is 11.0. The van der Waals surface area contributed by atoms with Crippen LogP contribution in [0.2, 0.25) is 0 Å². The van der Waals surface area contributed by atoms with Gasteiger partial charge in [0.05, 0.1) is 5.92 Å². The van der Waals surface area contributed by atoms with Crippen molar-refractivity contribution in [2.45, 2.75) is 19.4 Å². The topological polar surface area (TPSA) is 78.4 Å². The van der Waals surface area contributed by atoms with Crippen LogP contribution in [0.4, 0.5) is 11.6 Å². The van der Waals surface area contributed by atoms with Gasteiger partial charge in [0.15, 0.2) is 0 Å². The van der Waals surface area contributed by atoms with Gasteiger partial charge in [0.1, 0.15) is 18.0 Å². The van der Waals surface area contributed by atoms with Crippen LogP contribution in [0.15, 0.2) is 42.7 Å². The van der Waals surface area contributed by atoms with Crippen molar-refractivity contribution in [1.29, 1.82) is 0 Å². The maximum absolute atomic E-state index is 11.0. The predicted molar refractivity (Wildman–Crippen MR) is 88.4 cm³/mol. The normalized spacial score (nSPS) is 15.4. The molecule has 0 radical (unpaired) electrons. The van der Waals surface area contributed by atoms with Crippen LogP contribution in [0, 0.1) is 5.92 Å². The van der Waals surface area contributed by atoms with Crippen LogP contribution in [0.1, 0.15) is 18.4 Å². The summed E-state index contributed by atoms with van der Waals surface area (Å²) in [6, 6.07) is 12.1. The number of nitrogens with one attached hydrogen (secondary N) is 1. The number of carbonyl (C=O) groups is 1. The fraction of sp³-hybridized carbons (Fsp3) is 0.353. The summed E-state index contributed by atoms with van der Waals surface area (Å²) in [5, 5.41) is 12.4. The third kappa shape index (κ3) is 3.97. The second-order valence-corrected chi connectivity index (χ2v) is 5.70. The number of aliphatic carboxylic acids is 1. The summed E-state index contributed by atoms with van der Waals surface area (Å²) in [6.07, 6.45) is 2.87. The van der Waals surface area contributed by atoms with Crippen LogP contribution in [-0.4, -0.2) is 34.1 Å². The number of benzene rings is 1. The number of nitrogens with zero attached hydrogens (tertiary/aromatic N) is 3. The number of rotatable bonds is 5. The van der Waals surface area contributed by atoms with E-state index in [2.05, 4.69) is 32.3 Å². The molecule has 0 amide bonds. The smallest absolute Gasteiger partial charge is 0.306 e. The number of aromatic nitrogens is 2. The Bertz CT molecular complexity index is 655. The minimum atomic E-state index is -0.697. The summed E-state index contributed by atoms with van der Waals surface area (Å²) in [6.45, 7) is 2.14. The molecule has 1 aliphatic rings. The average Bonchev–Trinajstić information content (AvgIpc) is 2.61. The number of carboxylic acids is 1. The molecule has 0 atom stereocenters. The Balaban J connectivity index is 1.60. The van der Waals surface area contributed by atoms with E-state index in [9.17, 15) is 4.79 Å². The Labute approximate surface area is 135 Å². The molecule has 1 aromatic carbocycles. The molecule has 1 fully saturated rings. The zero-order valence-corrected chi connectivity index (χ0v) is 12.9. The minimum absolute atomic E-state index is 0.233. The maximum Gasteiger partial charge on any atom is 0.306 e. The van der Waals surface area contributed by atoms with Gasteiger partial charge in [-0.1, -0.05) is 30.3 Å². The van der Waals surface area contributed by atoms with Gasteiger partial charge >= 0.3 is 5.97 Å². The summed E-state index contributed by atoms with van der Waals surface area (Å²) in [5.41, 5.74) is 1.19. The van der Waals surface area contributed by atoms with E-state index < -0.39 is 5.97 Å². The number of hydrogen-bond donors (Lipinski definition) is 2. The van der Waals surface area contributed by atoms with Gasteiger partial charge in [-0.2, -0.15) is 0 Å². The Hall–Kier alpha value is -2.63. The first-order valence-corrected chi connectivity index (χ1v) is 7.80. The second kappa shape index (κ2) is 7.09. The lowest BCUT2D eigenvalue weighted by Gasteiger charge is -2.31. The number of anilines is 2. The van der Waals surface area contributed by atoms with E-state index in [-0.39, 0.29) is 5.92 Å². The Morgan fingerprint density at radius 2 is 1.96 bits per heavy atom. The van der Waals surface area contributed by atoms with Crippen molar-refractivity contribution < 1.29 is 9.90 Å². The summed E-state index contributed by atoms with van der Waals surface area (Å²) in [5.74, 6) is 0.694. The molecule has 6 nitrogen and oxygen atoms in total. The summed E-state index contributed by atoms with van der Waals surface area (Å²) < 4.78 is 0. The molecule has 3 rings (SSSR count). The highest BCUT2D eigenvalue weighted by Gasteiger charge is 2.25. The van der Waals surface area contributed by atoms with Gasteiger partial charge in [-0.15, -0.1) is 0 Å². The molecule has 0 bridgehead atoms. The summed E-state index contributed by atoms with van der Waals surface area (Å²) in [7, 11) is 0. The van der Waals surface area contributed by atoms with Crippen LogP contribution >= 0.6 is 0 Å². The van der Waals surface area contributed by atoms with E-state index in [1.165, 1.54) is 5.56 Å². The van der Waals surface area contributed by atoms with Gasteiger partial charge in [-0.05, 0) is 18.4 Å². The van der Waals surface area contributed by atoms with E-state index in [0.29, 0.717) is 32.5 Å². The average molecular weight is 312 g/mol. The zero-order valence-electron chi connectivity index (χ0n) is 12.9. The fourth-order valence-corrected chi connectivity index (χ4v) is 2.76. The quantitative estimate of drug-likeness (QED) is 0.882. The predicted octanol–water partition coefficient (Wildman–Crippen LogP) is 2.39. The first-order chi connectivity index (χ1) is 11.2. The molecule has 0 unspecified atom stereocenters. The molecule has 0 spiro atoms. The number of hydrogen-bond acceptors (Lipinski definition) is 5. The SMILES string of the molecule is O=C(O)C1CCN(c2cc(NCc3ccccc3)ncn2)CC1. The molecule has 2 heterocycles. The minimum Gasteiger partial charge on any atom is -0.481 e. The third-order valence-corrected chi connectivity index (χ3v) is 4.14. The van der Waals surface area contributed by atoms with Crippen LogP contribution in [-0.2, 0) is 11.3 Å². The van der Waals surface area contributed by atoms with E-state index in [1.54, 1.807) is 6.33 Å². The van der Waals surface area contributed by atoms with E-state index in [4.69, 9.17) is 5.11 Å². The lowest BCUT2D eigenvalue weighted by molar-refractivity contribution is -0.142. The molecule has 1 aliphatic heterocycles. The van der Waals surface area contributed by atoms with E-state index in [0.717, 1.165) is 11.6 Å². The zero-order chi connectivity index (χ0) is 16.1. The van der Waals surface area contributed by atoms with E-state index in [1.807, 2.05) is 24.3 Å². The van der Waals surface area contributed by atoms with Crippen molar-refractivity contribution in [3.63, 3.8) is 0 Å². The largest absolute Gasteiger partial charge is 0.481 e. The van der Waals surface area contributed by atoms with Crippen molar-refractivity contribution in [1.82, 2.24) is 9.97 Å². The van der Waals surface area contributed by atoms with Crippen LogP contribution < -0.4 is 10.2 Å². The molecular formula is C17H20N4O2. The van der Waals surface area contributed by atoms with Gasteiger partial charge in [0.2, 0.25) is 0 Å². The van der Waals surface area contributed by atoms with Crippen molar-refractivity contribution in [3.05, 3.63) is 48.3 Å². The standard InChI is InChI=1S/C17H20N4O2/c22-17(23)14-6-8-21(9-7-14)16-10-15(19-12-20-16)18-11-13-4-2-1-3-5-13/h1-5,10,12,14H,6-9,11H2,(H,22,23)(H,18,19,20). The molecule has 1 saturated heterocycles. The van der Waals surface area contributed by atoms with Crippen molar-refractivity contribution in [2.24, 2.45) is 5.92 Å². The molecule has 6 heteroatoms. The van der Waals surface area contributed by atoms with E-state index >= 15 is 0 Å². The number of piperidine rings is 1. The van der Waals surface area contributed by atoms with Crippen molar-refractivity contribution >= 4 is 17.6 Å². The fourth-order valence-electron chi connectivity index (χ4n) is 2.76. The molecule has 2 aromatic rings. The summed E-state index contributed by atoms with van der Waals surface area (Å²) >= 11 is 0. The van der Waals surface area contributed by atoms with Gasteiger partial charge in [-0.25, -0.2) is 9.97 Å². The highest BCUT2D eigenvalue weighted by atomic mass is 16.4. The third-order valence-electron chi connectivity index (χ3n) is 4.14. The monoisotopic (exact) mass is 312 g/mol. The molecule has 0 saturated carbocycles. The Morgan fingerprint density at radius 3 is 2.65 bits per heavy atom. The Morgan fingerprint density at radius 1 is 1.22 bits per heavy atom. The molecular weight excluding hydrogens is 292 g/mol. The van der Waals surface area contributed by atoms with Crippen molar-refractivity contribution in [2.75, 3.05) is 23.3 Å².